The van der Waals surface area contributed by atoms with E-state index in [4.69, 9.17) is 11.6 Å². The van der Waals surface area contributed by atoms with Crippen LogP contribution in [0.4, 0.5) is 0 Å². The Morgan fingerprint density at radius 1 is 1.65 bits per heavy atom. The third-order valence-electron chi connectivity index (χ3n) is 2.43. The highest BCUT2D eigenvalue weighted by Gasteiger charge is 2.20. The van der Waals surface area contributed by atoms with Crippen LogP contribution in [0.3, 0.4) is 0 Å². The molecule has 92 valence electrons. The molecule has 0 radical (unpaired) electrons. The highest BCUT2D eigenvalue weighted by Crippen LogP contribution is 2.32. The topological polar surface area (TPSA) is 38.0 Å². The zero-order valence-electron chi connectivity index (χ0n) is 9.23. The second-order valence-corrected chi connectivity index (χ2v) is 6.39. The van der Waals surface area contributed by atoms with Crippen molar-refractivity contribution in [2.45, 2.75) is 26.0 Å². The van der Waals surface area contributed by atoms with E-state index in [2.05, 4.69) is 28.0 Å². The summed E-state index contributed by atoms with van der Waals surface area (Å²) in [6.45, 7) is 2.82. The summed E-state index contributed by atoms with van der Waals surface area (Å²) in [7, 11) is 0. The first-order chi connectivity index (χ1) is 8.13. The molecule has 0 bridgehead atoms. The van der Waals surface area contributed by atoms with Gasteiger partial charge < -0.3 is 5.11 Å². The normalized spacial score (nSPS) is 12.9. The maximum Gasteiger partial charge on any atom is 0.123 e. The van der Waals surface area contributed by atoms with Crippen molar-refractivity contribution in [3.63, 3.8) is 0 Å². The molecule has 0 aromatic carbocycles. The fourth-order valence-electron chi connectivity index (χ4n) is 1.66. The van der Waals surface area contributed by atoms with Gasteiger partial charge in [0.1, 0.15) is 6.10 Å². The summed E-state index contributed by atoms with van der Waals surface area (Å²) in [5, 5.41) is 16.9. The molecule has 2 aromatic heterocycles. The minimum atomic E-state index is -0.723. The molecule has 1 atom stereocenters. The Bertz CT molecular complexity index is 511. The summed E-state index contributed by atoms with van der Waals surface area (Å²) in [5.74, 6) is 0. The Morgan fingerprint density at radius 2 is 2.41 bits per heavy atom. The van der Waals surface area contributed by atoms with Crippen LogP contribution >= 0.6 is 38.9 Å². The van der Waals surface area contributed by atoms with E-state index in [1.54, 1.807) is 10.9 Å². The second-order valence-electron chi connectivity index (χ2n) is 3.69. The largest absolute Gasteiger partial charge is 0.382 e. The quantitative estimate of drug-likeness (QED) is 0.921. The Balaban J connectivity index is 2.35. The lowest BCUT2D eigenvalue weighted by molar-refractivity contribution is 0.208. The lowest BCUT2D eigenvalue weighted by atomic mass is 10.1. The Morgan fingerprint density at radius 3 is 3.00 bits per heavy atom. The molecule has 0 spiro atoms. The van der Waals surface area contributed by atoms with Gasteiger partial charge in [0.25, 0.3) is 0 Å². The summed E-state index contributed by atoms with van der Waals surface area (Å²) in [5.41, 5.74) is 1.50. The lowest BCUT2D eigenvalue weighted by Gasteiger charge is -2.12. The zero-order valence-corrected chi connectivity index (χ0v) is 12.4. The van der Waals surface area contributed by atoms with E-state index in [1.807, 2.05) is 11.4 Å². The van der Waals surface area contributed by atoms with Gasteiger partial charge in [0, 0.05) is 6.54 Å². The minimum Gasteiger partial charge on any atom is -0.382 e. The number of hydrogen-bond donors (Lipinski definition) is 1. The summed E-state index contributed by atoms with van der Waals surface area (Å²) < 4.78 is 2.75. The number of hydrogen-bond acceptors (Lipinski definition) is 3. The summed E-state index contributed by atoms with van der Waals surface area (Å²) in [6.07, 6.45) is 1.81. The number of aliphatic hydroxyl groups excluding tert-OH is 1. The van der Waals surface area contributed by atoms with E-state index in [9.17, 15) is 5.11 Å². The standard InChI is InChI=1S/C11H12BrClN2OS/c1-2-3-15-10(8(13)5-14-15)11(16)7-4-9(12)17-6-7/h4-6,11,16H,2-3H2,1H3. The van der Waals surface area contributed by atoms with Crippen LogP contribution in [0.2, 0.25) is 5.02 Å². The number of thiophene rings is 1. The first-order valence-electron chi connectivity index (χ1n) is 5.26. The molecule has 2 aromatic rings. The number of aliphatic hydroxyl groups is 1. The molecule has 2 heterocycles. The fraction of sp³-hybridized carbons (Fsp3) is 0.364. The molecule has 1 N–H and O–H groups in total. The number of aromatic nitrogens is 2. The minimum absolute atomic E-state index is 0.508. The number of halogens is 2. The molecular weight excluding hydrogens is 324 g/mol. The smallest absolute Gasteiger partial charge is 0.123 e. The van der Waals surface area contributed by atoms with Crippen LogP contribution in [0.25, 0.3) is 0 Å². The van der Waals surface area contributed by atoms with Gasteiger partial charge in [-0.25, -0.2) is 0 Å². The molecule has 0 saturated heterocycles. The van der Waals surface area contributed by atoms with Crippen LogP contribution in [0, 0.1) is 0 Å². The molecule has 0 fully saturated rings. The van der Waals surface area contributed by atoms with Crippen LogP contribution in [0.1, 0.15) is 30.7 Å². The summed E-state index contributed by atoms with van der Waals surface area (Å²) in [4.78, 5) is 0. The molecule has 0 aliphatic rings. The van der Waals surface area contributed by atoms with Crippen LogP contribution in [-0.4, -0.2) is 14.9 Å². The maximum absolute atomic E-state index is 10.3. The van der Waals surface area contributed by atoms with Gasteiger partial charge >= 0.3 is 0 Å². The van der Waals surface area contributed by atoms with Crippen molar-refractivity contribution >= 4 is 38.9 Å². The second kappa shape index (κ2) is 5.52. The molecule has 2 rings (SSSR count). The highest BCUT2D eigenvalue weighted by atomic mass is 79.9. The number of aryl methyl sites for hydroxylation is 1. The Kier molecular flexibility index (Phi) is 4.25. The maximum atomic E-state index is 10.3. The van der Waals surface area contributed by atoms with Gasteiger partial charge in [-0.05, 0) is 39.4 Å². The third kappa shape index (κ3) is 2.73. The van der Waals surface area contributed by atoms with Gasteiger partial charge in [-0.3, -0.25) is 4.68 Å². The van der Waals surface area contributed by atoms with Gasteiger partial charge in [0.2, 0.25) is 0 Å². The molecule has 0 aliphatic carbocycles. The molecule has 17 heavy (non-hydrogen) atoms. The molecule has 3 nitrogen and oxygen atoms in total. The summed E-state index contributed by atoms with van der Waals surface area (Å²) >= 11 is 11.0. The van der Waals surface area contributed by atoms with Crippen molar-refractivity contribution in [1.82, 2.24) is 9.78 Å². The van der Waals surface area contributed by atoms with Crippen molar-refractivity contribution in [1.29, 1.82) is 0 Å². The third-order valence-corrected chi connectivity index (χ3v) is 4.25. The monoisotopic (exact) mass is 334 g/mol. The van der Waals surface area contributed by atoms with Crippen molar-refractivity contribution in [2.75, 3.05) is 0 Å². The number of rotatable bonds is 4. The van der Waals surface area contributed by atoms with Gasteiger partial charge in [-0.1, -0.05) is 18.5 Å². The highest BCUT2D eigenvalue weighted by molar-refractivity contribution is 9.11. The number of nitrogens with zero attached hydrogens (tertiary/aromatic N) is 2. The Hall–Kier alpha value is -0.360. The molecule has 0 saturated carbocycles. The van der Waals surface area contributed by atoms with E-state index in [0.717, 1.165) is 22.3 Å². The van der Waals surface area contributed by atoms with E-state index in [0.29, 0.717) is 10.7 Å². The SMILES string of the molecule is CCCn1ncc(Cl)c1C(O)c1csc(Br)c1. The van der Waals surface area contributed by atoms with Crippen molar-refractivity contribution in [2.24, 2.45) is 0 Å². The van der Waals surface area contributed by atoms with Crippen LogP contribution < -0.4 is 0 Å². The first-order valence-corrected chi connectivity index (χ1v) is 7.31. The fourth-order valence-corrected chi connectivity index (χ4v) is 3.10. The van der Waals surface area contributed by atoms with E-state index >= 15 is 0 Å². The summed E-state index contributed by atoms with van der Waals surface area (Å²) in [6, 6.07) is 1.90. The average Bonchev–Trinajstić information content (AvgIpc) is 2.86. The lowest BCUT2D eigenvalue weighted by Crippen LogP contribution is -2.10. The molecule has 1 unspecified atom stereocenters. The van der Waals surface area contributed by atoms with Crippen LogP contribution in [0.5, 0.6) is 0 Å². The van der Waals surface area contributed by atoms with Crippen molar-refractivity contribution in [3.05, 3.63) is 37.7 Å². The molecular formula is C11H12BrClN2OS. The molecule has 0 amide bonds. The average molecular weight is 336 g/mol. The predicted molar refractivity (Wildman–Crippen MR) is 73.6 cm³/mol. The van der Waals surface area contributed by atoms with Gasteiger partial charge in [0.05, 0.1) is 20.7 Å². The van der Waals surface area contributed by atoms with Gasteiger partial charge in [-0.15, -0.1) is 11.3 Å². The molecule has 6 heteroatoms. The van der Waals surface area contributed by atoms with Crippen LogP contribution in [0.15, 0.2) is 21.4 Å². The molecule has 0 aliphatic heterocycles. The van der Waals surface area contributed by atoms with Crippen LogP contribution in [-0.2, 0) is 6.54 Å². The Labute approximate surface area is 117 Å². The van der Waals surface area contributed by atoms with E-state index in [-0.39, 0.29) is 0 Å². The van der Waals surface area contributed by atoms with Gasteiger partial charge in [0.15, 0.2) is 0 Å². The zero-order chi connectivity index (χ0) is 12.4. The van der Waals surface area contributed by atoms with Crippen molar-refractivity contribution in [3.8, 4) is 0 Å². The van der Waals surface area contributed by atoms with Crippen molar-refractivity contribution < 1.29 is 5.11 Å². The van der Waals surface area contributed by atoms with E-state index < -0.39 is 6.10 Å². The van der Waals surface area contributed by atoms with E-state index in [1.165, 1.54) is 11.3 Å². The first kappa shape index (κ1) is 13.1. The predicted octanol–water partition coefficient (Wildman–Crippen LogP) is 3.85. The van der Waals surface area contributed by atoms with Gasteiger partial charge in [-0.2, -0.15) is 5.10 Å².